The van der Waals surface area contributed by atoms with Crippen molar-refractivity contribution < 1.29 is 14.4 Å². The average molecular weight is 236 g/mol. The third-order valence-electron chi connectivity index (χ3n) is 2.00. The average Bonchev–Trinajstić information content (AvgIpc) is 2.01. The van der Waals surface area contributed by atoms with E-state index in [1.54, 1.807) is 6.07 Å². The van der Waals surface area contributed by atoms with E-state index < -0.39 is 13.3 Å². The van der Waals surface area contributed by atoms with Gasteiger partial charge in [-0.05, 0) is 24.6 Å². The fourth-order valence-electron chi connectivity index (χ4n) is 1.11. The summed E-state index contributed by atoms with van der Waals surface area (Å²) in [6.45, 7) is 1.43. The first-order chi connectivity index (χ1) is 6.32. The van der Waals surface area contributed by atoms with E-state index in [2.05, 4.69) is 0 Å². The Balaban J connectivity index is 3.14. The molecule has 1 aromatic carbocycles. The molecule has 0 aliphatic heterocycles. The summed E-state index contributed by atoms with van der Waals surface area (Å²) in [5.41, 5.74) is 5.41. The second kappa shape index (κ2) is 3.91. The van der Waals surface area contributed by atoms with Crippen LogP contribution in [0.2, 0.25) is 5.02 Å². The summed E-state index contributed by atoms with van der Waals surface area (Å²) in [6, 6.07) is 4.56. The first-order valence-corrected chi connectivity index (χ1v) is 5.98. The maximum atomic E-state index is 11.0. The highest BCUT2D eigenvalue weighted by atomic mass is 35.5. The molecule has 4 N–H and O–H groups in total. The van der Waals surface area contributed by atoms with E-state index in [-0.39, 0.29) is 0 Å². The molecule has 0 aliphatic rings. The number of halogens is 1. The van der Waals surface area contributed by atoms with Crippen molar-refractivity contribution in [3.63, 3.8) is 0 Å². The Hall–Kier alpha value is -0.540. The molecule has 0 fully saturated rings. The zero-order chi connectivity index (χ0) is 10.9. The van der Waals surface area contributed by atoms with Gasteiger partial charge in [-0.1, -0.05) is 17.7 Å². The fraction of sp³-hybridized carbons (Fsp3) is 0.250. The lowest BCUT2D eigenvalue weighted by Crippen LogP contribution is -2.00. The minimum atomic E-state index is -4.14. The summed E-state index contributed by atoms with van der Waals surface area (Å²) in [5, 5.41) is 0.448. The van der Waals surface area contributed by atoms with E-state index >= 15 is 0 Å². The summed E-state index contributed by atoms with van der Waals surface area (Å²) in [5.74, 6) is 0. The number of hydrogen-bond acceptors (Lipinski definition) is 2. The van der Waals surface area contributed by atoms with E-state index in [1.165, 1.54) is 19.1 Å². The van der Waals surface area contributed by atoms with Crippen LogP contribution < -0.4 is 5.73 Å². The van der Waals surface area contributed by atoms with E-state index in [0.717, 1.165) is 0 Å². The van der Waals surface area contributed by atoms with Crippen LogP contribution in [0.4, 0.5) is 5.69 Å². The maximum absolute atomic E-state index is 11.0. The molecule has 1 aromatic rings. The number of hydrogen-bond donors (Lipinski definition) is 3. The second-order valence-electron chi connectivity index (χ2n) is 3.04. The lowest BCUT2D eigenvalue weighted by molar-refractivity contribution is 0.362. The van der Waals surface area contributed by atoms with Crippen molar-refractivity contribution in [1.29, 1.82) is 0 Å². The summed E-state index contributed by atoms with van der Waals surface area (Å²) in [4.78, 5) is 17.9. The van der Waals surface area contributed by atoms with E-state index in [0.29, 0.717) is 16.3 Å². The van der Waals surface area contributed by atoms with Gasteiger partial charge in [-0.3, -0.25) is 4.57 Å². The Morgan fingerprint density at radius 3 is 2.50 bits per heavy atom. The van der Waals surface area contributed by atoms with E-state index in [4.69, 9.17) is 27.1 Å². The van der Waals surface area contributed by atoms with Crippen molar-refractivity contribution in [3.05, 3.63) is 28.8 Å². The van der Waals surface area contributed by atoms with Gasteiger partial charge < -0.3 is 15.5 Å². The number of anilines is 1. The monoisotopic (exact) mass is 235 g/mol. The normalized spacial score (nSPS) is 14.0. The number of nitrogens with two attached hydrogens (primary N) is 1. The summed E-state index contributed by atoms with van der Waals surface area (Å²) in [7, 11) is -4.14. The van der Waals surface area contributed by atoms with Gasteiger partial charge in [-0.25, -0.2) is 0 Å². The largest absolute Gasteiger partial charge is 0.398 e. The molecule has 1 rings (SSSR count). The Morgan fingerprint density at radius 1 is 1.50 bits per heavy atom. The van der Waals surface area contributed by atoms with Gasteiger partial charge in [0.25, 0.3) is 0 Å². The standard InChI is InChI=1S/C8H11ClNO3P/c1-5(14(11,12)13)7-3-2-6(9)4-8(7)10/h2-5H,10H2,1H3,(H2,11,12,13). The Bertz CT molecular complexity index is 390. The van der Waals surface area contributed by atoms with Crippen molar-refractivity contribution in [2.45, 2.75) is 12.6 Å². The van der Waals surface area contributed by atoms with Crippen molar-refractivity contribution in [2.24, 2.45) is 0 Å². The molecule has 6 heteroatoms. The molecule has 1 atom stereocenters. The lowest BCUT2D eigenvalue weighted by atomic mass is 10.1. The molecule has 0 saturated carbocycles. The molecule has 0 radical (unpaired) electrons. The predicted molar refractivity (Wildman–Crippen MR) is 56.3 cm³/mol. The molecule has 0 bridgehead atoms. The Morgan fingerprint density at radius 2 is 2.07 bits per heavy atom. The fourth-order valence-corrected chi connectivity index (χ4v) is 1.89. The third-order valence-corrected chi connectivity index (χ3v) is 3.53. The van der Waals surface area contributed by atoms with Crippen molar-refractivity contribution in [1.82, 2.24) is 0 Å². The minimum Gasteiger partial charge on any atom is -0.398 e. The minimum absolute atomic E-state index is 0.299. The number of benzene rings is 1. The SMILES string of the molecule is CC(c1ccc(Cl)cc1N)P(=O)(O)O. The topological polar surface area (TPSA) is 83.6 Å². The summed E-state index contributed by atoms with van der Waals surface area (Å²) in [6.07, 6.45) is 0. The summed E-state index contributed by atoms with van der Waals surface area (Å²) < 4.78 is 11.0. The highest BCUT2D eigenvalue weighted by Gasteiger charge is 2.27. The highest BCUT2D eigenvalue weighted by molar-refractivity contribution is 7.52. The molecule has 0 heterocycles. The van der Waals surface area contributed by atoms with Gasteiger partial charge in [0.05, 0.1) is 5.66 Å². The lowest BCUT2D eigenvalue weighted by Gasteiger charge is -2.15. The van der Waals surface area contributed by atoms with Crippen LogP contribution in [-0.2, 0) is 4.57 Å². The third kappa shape index (κ3) is 2.49. The Labute approximate surface area is 86.9 Å². The van der Waals surface area contributed by atoms with Crippen LogP contribution >= 0.6 is 19.2 Å². The molecule has 4 nitrogen and oxygen atoms in total. The van der Waals surface area contributed by atoms with Crippen LogP contribution in [0.3, 0.4) is 0 Å². The first kappa shape index (κ1) is 11.5. The highest BCUT2D eigenvalue weighted by Crippen LogP contribution is 2.52. The van der Waals surface area contributed by atoms with Crippen molar-refractivity contribution in [2.75, 3.05) is 5.73 Å². The van der Waals surface area contributed by atoms with Crippen LogP contribution in [0.1, 0.15) is 18.1 Å². The molecular formula is C8H11ClNO3P. The van der Waals surface area contributed by atoms with Crippen LogP contribution in [0.25, 0.3) is 0 Å². The molecule has 0 aromatic heterocycles. The van der Waals surface area contributed by atoms with Crippen molar-refractivity contribution in [3.8, 4) is 0 Å². The molecular weight excluding hydrogens is 225 g/mol. The van der Waals surface area contributed by atoms with Gasteiger partial charge in [0.2, 0.25) is 0 Å². The van der Waals surface area contributed by atoms with Gasteiger partial charge in [0, 0.05) is 10.7 Å². The molecule has 78 valence electrons. The predicted octanol–water partition coefficient (Wildman–Crippen LogP) is 2.16. The zero-order valence-corrected chi connectivity index (χ0v) is 9.16. The molecule has 1 unspecified atom stereocenters. The molecule has 0 aliphatic carbocycles. The molecule has 0 spiro atoms. The first-order valence-electron chi connectivity index (χ1n) is 3.92. The number of nitrogen functional groups attached to an aromatic ring is 1. The van der Waals surface area contributed by atoms with Gasteiger partial charge in [-0.15, -0.1) is 0 Å². The van der Waals surface area contributed by atoms with Gasteiger partial charge in [-0.2, -0.15) is 0 Å². The van der Waals surface area contributed by atoms with Crippen LogP contribution in [0, 0.1) is 0 Å². The molecule has 14 heavy (non-hydrogen) atoms. The zero-order valence-electron chi connectivity index (χ0n) is 7.51. The van der Waals surface area contributed by atoms with Gasteiger partial charge in [0.1, 0.15) is 0 Å². The van der Waals surface area contributed by atoms with Crippen LogP contribution in [-0.4, -0.2) is 9.79 Å². The summed E-state index contributed by atoms with van der Waals surface area (Å²) >= 11 is 5.66. The van der Waals surface area contributed by atoms with Crippen LogP contribution in [0.5, 0.6) is 0 Å². The van der Waals surface area contributed by atoms with Crippen LogP contribution in [0.15, 0.2) is 18.2 Å². The Kier molecular flexibility index (Phi) is 3.22. The molecule has 0 saturated heterocycles. The van der Waals surface area contributed by atoms with Crippen molar-refractivity contribution >= 4 is 24.9 Å². The van der Waals surface area contributed by atoms with E-state index in [1.807, 2.05) is 0 Å². The maximum Gasteiger partial charge on any atom is 0.332 e. The number of rotatable bonds is 2. The van der Waals surface area contributed by atoms with Gasteiger partial charge >= 0.3 is 7.60 Å². The van der Waals surface area contributed by atoms with Gasteiger partial charge in [0.15, 0.2) is 0 Å². The smallest absolute Gasteiger partial charge is 0.332 e. The quantitative estimate of drug-likeness (QED) is 0.542. The second-order valence-corrected chi connectivity index (χ2v) is 5.43. The molecule has 0 amide bonds. The van der Waals surface area contributed by atoms with E-state index in [9.17, 15) is 4.57 Å².